The summed E-state index contributed by atoms with van der Waals surface area (Å²) in [5, 5.41) is 8.91. The molecule has 1 atom stereocenters. The quantitative estimate of drug-likeness (QED) is 0.775. The monoisotopic (exact) mass is 324 g/mol. The maximum absolute atomic E-state index is 11.8. The van der Waals surface area contributed by atoms with Gasteiger partial charge in [-0.1, -0.05) is 0 Å². The number of hydrogen-bond acceptors (Lipinski definition) is 5. The maximum atomic E-state index is 11.8. The van der Waals surface area contributed by atoms with Gasteiger partial charge in [0.05, 0.1) is 25.9 Å². The third-order valence-electron chi connectivity index (χ3n) is 3.01. The highest BCUT2D eigenvalue weighted by Gasteiger charge is 2.30. The van der Waals surface area contributed by atoms with Gasteiger partial charge in [0.15, 0.2) is 6.04 Å². The van der Waals surface area contributed by atoms with E-state index >= 15 is 0 Å². The number of nitriles is 1. The van der Waals surface area contributed by atoms with Crippen LogP contribution in [0.3, 0.4) is 0 Å². The van der Waals surface area contributed by atoms with Gasteiger partial charge in [0.2, 0.25) is 0 Å². The predicted octanol–water partition coefficient (Wildman–Crippen LogP) is 1.70. The molecule has 19 heavy (non-hydrogen) atoms. The van der Waals surface area contributed by atoms with Crippen molar-refractivity contribution >= 4 is 27.6 Å². The molecule has 1 aromatic carbocycles. The number of halogens is 1. The van der Waals surface area contributed by atoms with E-state index in [9.17, 15) is 4.79 Å². The molecule has 0 bridgehead atoms. The summed E-state index contributed by atoms with van der Waals surface area (Å²) in [6.45, 7) is 1.48. The van der Waals surface area contributed by atoms with Crippen LogP contribution in [0.5, 0.6) is 0 Å². The Morgan fingerprint density at radius 1 is 1.63 bits per heavy atom. The van der Waals surface area contributed by atoms with Crippen molar-refractivity contribution in [2.45, 2.75) is 6.04 Å². The molecular formula is C13H13BrN2O3. The summed E-state index contributed by atoms with van der Waals surface area (Å²) in [6.07, 6.45) is 0. The van der Waals surface area contributed by atoms with Gasteiger partial charge >= 0.3 is 5.97 Å². The van der Waals surface area contributed by atoms with Crippen LogP contribution in [-0.2, 0) is 14.3 Å². The lowest BCUT2D eigenvalue weighted by Gasteiger charge is -2.35. The smallest absolute Gasteiger partial charge is 0.330 e. The molecule has 5 nitrogen and oxygen atoms in total. The molecule has 1 saturated heterocycles. The van der Waals surface area contributed by atoms with E-state index in [1.54, 1.807) is 6.07 Å². The largest absolute Gasteiger partial charge is 0.467 e. The number of hydrogen-bond donors (Lipinski definition) is 0. The minimum atomic E-state index is -0.446. The maximum Gasteiger partial charge on any atom is 0.330 e. The second-order valence-corrected chi connectivity index (χ2v) is 4.94. The molecule has 1 aromatic rings. The van der Waals surface area contributed by atoms with E-state index < -0.39 is 6.04 Å². The molecule has 1 fully saturated rings. The number of esters is 1. The highest BCUT2D eigenvalue weighted by Crippen LogP contribution is 2.26. The number of carbonyl (C=O) groups is 1. The molecule has 0 saturated carbocycles. The molecule has 0 spiro atoms. The zero-order valence-electron chi connectivity index (χ0n) is 10.4. The van der Waals surface area contributed by atoms with Crippen LogP contribution in [0.2, 0.25) is 0 Å². The van der Waals surface area contributed by atoms with E-state index in [1.165, 1.54) is 7.11 Å². The molecule has 100 valence electrons. The molecule has 0 radical (unpaired) electrons. The second kappa shape index (κ2) is 6.04. The van der Waals surface area contributed by atoms with Gasteiger partial charge in [-0.05, 0) is 34.1 Å². The van der Waals surface area contributed by atoms with Gasteiger partial charge in [-0.3, -0.25) is 0 Å². The summed E-state index contributed by atoms with van der Waals surface area (Å²) in [6, 6.07) is 7.03. The van der Waals surface area contributed by atoms with E-state index in [2.05, 4.69) is 22.0 Å². The zero-order valence-corrected chi connectivity index (χ0v) is 12.0. The second-order valence-electron chi connectivity index (χ2n) is 4.08. The minimum Gasteiger partial charge on any atom is -0.467 e. The first-order chi connectivity index (χ1) is 9.17. The Morgan fingerprint density at radius 2 is 2.42 bits per heavy atom. The van der Waals surface area contributed by atoms with Gasteiger partial charge in [-0.25, -0.2) is 4.79 Å². The van der Waals surface area contributed by atoms with Crippen LogP contribution >= 0.6 is 15.9 Å². The Hall–Kier alpha value is -1.58. The first-order valence-electron chi connectivity index (χ1n) is 5.79. The lowest BCUT2D eigenvalue weighted by Crippen LogP contribution is -2.50. The Morgan fingerprint density at radius 3 is 3.05 bits per heavy atom. The summed E-state index contributed by atoms with van der Waals surface area (Å²) >= 11 is 3.35. The lowest BCUT2D eigenvalue weighted by molar-refractivity contribution is -0.144. The van der Waals surface area contributed by atoms with Crippen molar-refractivity contribution in [3.05, 3.63) is 28.2 Å². The molecule has 0 N–H and O–H groups in total. The van der Waals surface area contributed by atoms with E-state index in [0.29, 0.717) is 29.8 Å². The summed E-state index contributed by atoms with van der Waals surface area (Å²) < 4.78 is 10.8. The summed E-state index contributed by atoms with van der Waals surface area (Å²) in [5.41, 5.74) is 1.43. The SMILES string of the molecule is COC(=O)C1COCCN1c1ccc(C#N)c(Br)c1. The van der Waals surface area contributed by atoms with Crippen molar-refractivity contribution in [1.29, 1.82) is 5.26 Å². The van der Waals surface area contributed by atoms with Crippen LogP contribution in [0.1, 0.15) is 5.56 Å². The molecule has 1 aliphatic rings. The third-order valence-corrected chi connectivity index (χ3v) is 3.66. The van der Waals surface area contributed by atoms with Crippen LogP contribution in [0.15, 0.2) is 22.7 Å². The fourth-order valence-electron chi connectivity index (χ4n) is 2.02. The van der Waals surface area contributed by atoms with Crippen molar-refractivity contribution in [1.82, 2.24) is 0 Å². The molecule has 1 heterocycles. The number of carbonyl (C=O) groups excluding carboxylic acids is 1. The number of ether oxygens (including phenoxy) is 2. The zero-order chi connectivity index (χ0) is 13.8. The fraction of sp³-hybridized carbons (Fsp3) is 0.385. The molecular weight excluding hydrogens is 312 g/mol. The highest BCUT2D eigenvalue weighted by atomic mass is 79.9. The molecule has 0 aliphatic carbocycles. The number of morpholine rings is 1. The average Bonchev–Trinajstić information content (AvgIpc) is 2.46. The topological polar surface area (TPSA) is 62.6 Å². The number of benzene rings is 1. The molecule has 0 aromatic heterocycles. The Balaban J connectivity index is 2.30. The van der Waals surface area contributed by atoms with E-state index in [-0.39, 0.29) is 5.97 Å². The van der Waals surface area contributed by atoms with E-state index in [0.717, 1.165) is 5.69 Å². The van der Waals surface area contributed by atoms with Crippen LogP contribution in [0.4, 0.5) is 5.69 Å². The number of nitrogens with zero attached hydrogens (tertiary/aromatic N) is 2. The number of methoxy groups -OCH3 is 1. The van der Waals surface area contributed by atoms with Crippen LogP contribution in [0, 0.1) is 11.3 Å². The van der Waals surface area contributed by atoms with Crippen molar-refractivity contribution in [2.75, 3.05) is 31.8 Å². The summed E-state index contributed by atoms with van der Waals surface area (Å²) in [4.78, 5) is 13.7. The Kier molecular flexibility index (Phi) is 4.40. The average molecular weight is 325 g/mol. The van der Waals surface area contributed by atoms with Crippen molar-refractivity contribution in [3.63, 3.8) is 0 Å². The normalized spacial score (nSPS) is 18.8. The van der Waals surface area contributed by atoms with Crippen LogP contribution < -0.4 is 4.90 Å². The van der Waals surface area contributed by atoms with Crippen molar-refractivity contribution in [3.8, 4) is 6.07 Å². The predicted molar refractivity (Wildman–Crippen MR) is 72.8 cm³/mol. The Bertz CT molecular complexity index is 527. The molecule has 1 unspecified atom stereocenters. The third kappa shape index (κ3) is 2.88. The molecule has 6 heteroatoms. The van der Waals surface area contributed by atoms with Gasteiger partial charge < -0.3 is 14.4 Å². The number of rotatable bonds is 2. The van der Waals surface area contributed by atoms with Gasteiger partial charge in [-0.2, -0.15) is 5.26 Å². The molecule has 2 rings (SSSR count). The molecule has 1 aliphatic heterocycles. The standard InChI is InChI=1S/C13H13BrN2O3/c1-18-13(17)12-8-19-5-4-16(12)10-3-2-9(7-15)11(14)6-10/h2-3,6,12H,4-5,8H2,1H3. The van der Waals surface area contributed by atoms with Gasteiger partial charge in [0, 0.05) is 16.7 Å². The fourth-order valence-corrected chi connectivity index (χ4v) is 2.47. The van der Waals surface area contributed by atoms with Crippen molar-refractivity contribution in [2.24, 2.45) is 0 Å². The van der Waals surface area contributed by atoms with Gasteiger partial charge in [0.1, 0.15) is 6.07 Å². The van der Waals surface area contributed by atoms with E-state index in [4.69, 9.17) is 14.7 Å². The van der Waals surface area contributed by atoms with Crippen LogP contribution in [0.25, 0.3) is 0 Å². The highest BCUT2D eigenvalue weighted by molar-refractivity contribution is 9.10. The number of anilines is 1. The lowest BCUT2D eigenvalue weighted by atomic mass is 10.1. The van der Waals surface area contributed by atoms with E-state index in [1.807, 2.05) is 17.0 Å². The first kappa shape index (κ1) is 13.8. The Labute approximate surface area is 119 Å². The summed E-state index contributed by atoms with van der Waals surface area (Å²) in [5.74, 6) is -0.319. The minimum absolute atomic E-state index is 0.310. The first-order valence-corrected chi connectivity index (χ1v) is 6.58. The van der Waals surface area contributed by atoms with Gasteiger partial charge in [0.25, 0.3) is 0 Å². The van der Waals surface area contributed by atoms with Gasteiger partial charge in [-0.15, -0.1) is 0 Å². The molecule has 0 amide bonds. The van der Waals surface area contributed by atoms with Crippen LogP contribution in [-0.4, -0.2) is 38.9 Å². The van der Waals surface area contributed by atoms with Crippen molar-refractivity contribution < 1.29 is 14.3 Å². The summed E-state index contributed by atoms with van der Waals surface area (Å²) in [7, 11) is 1.36.